The number of quaternary nitrogens is 1. The second kappa shape index (κ2) is 7.77. The van der Waals surface area contributed by atoms with Crippen molar-refractivity contribution >= 4 is 5.91 Å². The molecule has 124 valence electrons. The minimum absolute atomic E-state index is 0.0744. The zero-order chi connectivity index (χ0) is 16.9. The summed E-state index contributed by atoms with van der Waals surface area (Å²) in [6.07, 6.45) is 0. The highest BCUT2D eigenvalue weighted by molar-refractivity contribution is 5.79. The number of benzene rings is 1. The van der Waals surface area contributed by atoms with Crippen LogP contribution < -0.4 is 10.6 Å². The van der Waals surface area contributed by atoms with Gasteiger partial charge in [0.2, 0.25) is 0 Å². The first-order valence-corrected chi connectivity index (χ1v) is 8.40. The Balaban J connectivity index is 2.90. The van der Waals surface area contributed by atoms with Gasteiger partial charge >= 0.3 is 0 Å². The van der Waals surface area contributed by atoms with Crippen LogP contribution in [-0.4, -0.2) is 18.5 Å². The van der Waals surface area contributed by atoms with Gasteiger partial charge in [0.25, 0.3) is 5.91 Å². The maximum absolute atomic E-state index is 12.0. The van der Waals surface area contributed by atoms with Gasteiger partial charge in [-0.25, -0.2) is 0 Å². The van der Waals surface area contributed by atoms with E-state index in [0.717, 1.165) is 0 Å². The highest BCUT2D eigenvalue weighted by atomic mass is 16.2. The largest absolute Gasteiger partial charge is 0.351 e. The van der Waals surface area contributed by atoms with Crippen molar-refractivity contribution < 1.29 is 10.1 Å². The zero-order valence-electron chi connectivity index (χ0n) is 15.2. The number of carbonyl (C=O) groups excluding carboxylic acids is 1. The van der Waals surface area contributed by atoms with Crippen LogP contribution in [0.4, 0.5) is 0 Å². The molecule has 0 saturated heterocycles. The smallest absolute Gasteiger partial charge is 0.277 e. The molecule has 1 aromatic carbocycles. The molecule has 3 N–H and O–H groups in total. The van der Waals surface area contributed by atoms with E-state index < -0.39 is 0 Å². The lowest BCUT2D eigenvalue weighted by Gasteiger charge is -2.24. The molecule has 0 unspecified atom stereocenters. The van der Waals surface area contributed by atoms with Gasteiger partial charge in [-0.1, -0.05) is 58.9 Å². The number of hydrogen-bond donors (Lipinski definition) is 2. The third kappa shape index (κ3) is 5.13. The lowest BCUT2D eigenvalue weighted by Crippen LogP contribution is -2.93. The fraction of sp³-hybridized carbons (Fsp3) is 0.632. The van der Waals surface area contributed by atoms with Crippen molar-refractivity contribution in [1.82, 2.24) is 5.32 Å². The summed E-state index contributed by atoms with van der Waals surface area (Å²) in [5, 5.41) is 5.08. The molecule has 0 fully saturated rings. The number of amides is 1. The fourth-order valence-corrected chi connectivity index (χ4v) is 2.66. The van der Waals surface area contributed by atoms with Crippen molar-refractivity contribution in [3.63, 3.8) is 0 Å². The van der Waals surface area contributed by atoms with E-state index in [1.165, 1.54) is 11.1 Å². The molecular weight excluding hydrogens is 272 g/mol. The van der Waals surface area contributed by atoms with Gasteiger partial charge in [-0.15, -0.1) is 0 Å². The monoisotopic (exact) mass is 305 g/mol. The van der Waals surface area contributed by atoms with E-state index >= 15 is 0 Å². The normalized spacial score (nSPS) is 14.7. The van der Waals surface area contributed by atoms with E-state index in [-0.39, 0.29) is 17.4 Å². The minimum atomic E-state index is -0.0744. The average Bonchev–Trinajstić information content (AvgIpc) is 2.43. The second-order valence-corrected chi connectivity index (χ2v) is 7.52. The number of nitrogens with one attached hydrogen (secondary N) is 1. The van der Waals surface area contributed by atoms with E-state index in [9.17, 15) is 4.79 Å². The molecule has 0 spiro atoms. The van der Waals surface area contributed by atoms with Gasteiger partial charge < -0.3 is 10.6 Å². The molecule has 0 heterocycles. The second-order valence-electron chi connectivity index (χ2n) is 7.52. The molecule has 0 radical (unpaired) electrons. The molecular formula is C19H33N2O+. The number of nitrogens with two attached hydrogens (primary N) is 1. The molecule has 22 heavy (non-hydrogen) atoms. The molecule has 0 aliphatic heterocycles. The standard InChI is InChI=1S/C19H32N2O/c1-8-20-18(22)14(4)21-17(13(2)3)15-9-11-16(12-10-15)19(5,6)7/h9-14,17,21H,8H2,1-7H3,(H,20,22)/p+1/t14-,17-/m1/s1. The topological polar surface area (TPSA) is 45.7 Å². The molecule has 3 nitrogen and oxygen atoms in total. The van der Waals surface area contributed by atoms with E-state index in [0.29, 0.717) is 18.5 Å². The van der Waals surface area contributed by atoms with Crippen LogP contribution in [0.2, 0.25) is 0 Å². The Morgan fingerprint density at radius 3 is 2.09 bits per heavy atom. The van der Waals surface area contributed by atoms with Crippen LogP contribution >= 0.6 is 0 Å². The summed E-state index contributed by atoms with van der Waals surface area (Å²) >= 11 is 0. The zero-order valence-corrected chi connectivity index (χ0v) is 15.2. The highest BCUT2D eigenvalue weighted by Gasteiger charge is 2.26. The van der Waals surface area contributed by atoms with Crippen LogP contribution in [0.1, 0.15) is 65.6 Å². The SMILES string of the molecule is CCNC(=O)[C@@H](C)[NH2+][C@@H](c1ccc(C(C)(C)C)cc1)C(C)C. The van der Waals surface area contributed by atoms with Crippen LogP contribution in [0.3, 0.4) is 0 Å². The maximum Gasteiger partial charge on any atom is 0.277 e. The van der Waals surface area contributed by atoms with Crippen molar-refractivity contribution in [3.8, 4) is 0 Å². The third-order valence-electron chi connectivity index (χ3n) is 4.14. The summed E-state index contributed by atoms with van der Waals surface area (Å²) in [6.45, 7) is 15.7. The molecule has 0 aliphatic carbocycles. The summed E-state index contributed by atoms with van der Waals surface area (Å²) in [5.74, 6) is 0.580. The van der Waals surface area contributed by atoms with Gasteiger partial charge in [-0.3, -0.25) is 4.79 Å². The molecule has 0 aromatic heterocycles. The van der Waals surface area contributed by atoms with E-state index in [2.05, 4.69) is 69.5 Å². The molecule has 1 aromatic rings. The summed E-state index contributed by atoms with van der Waals surface area (Å²) in [7, 11) is 0. The van der Waals surface area contributed by atoms with Crippen molar-refractivity contribution in [2.24, 2.45) is 5.92 Å². The molecule has 0 bridgehead atoms. The van der Waals surface area contributed by atoms with E-state index in [1.54, 1.807) is 0 Å². The summed E-state index contributed by atoms with van der Waals surface area (Å²) in [4.78, 5) is 12.0. The van der Waals surface area contributed by atoms with Crippen LogP contribution in [-0.2, 0) is 10.2 Å². The Hall–Kier alpha value is -1.35. The Bertz CT molecular complexity index is 471. The van der Waals surface area contributed by atoms with Crippen molar-refractivity contribution in [3.05, 3.63) is 35.4 Å². The molecule has 1 amide bonds. The first-order valence-electron chi connectivity index (χ1n) is 8.40. The Labute approximate surface area is 135 Å². The Kier molecular flexibility index (Phi) is 6.61. The van der Waals surface area contributed by atoms with Crippen LogP contribution in [0.5, 0.6) is 0 Å². The first kappa shape index (κ1) is 18.7. The van der Waals surface area contributed by atoms with Crippen LogP contribution in [0.15, 0.2) is 24.3 Å². The van der Waals surface area contributed by atoms with Crippen molar-refractivity contribution in [1.29, 1.82) is 0 Å². The Morgan fingerprint density at radius 1 is 1.14 bits per heavy atom. The number of hydrogen-bond acceptors (Lipinski definition) is 1. The van der Waals surface area contributed by atoms with Gasteiger partial charge in [0.1, 0.15) is 6.04 Å². The molecule has 2 atom stereocenters. The lowest BCUT2D eigenvalue weighted by atomic mass is 9.85. The number of likely N-dealkylation sites (N-methyl/N-ethyl adjacent to an activating group) is 1. The predicted molar refractivity (Wildman–Crippen MR) is 92.8 cm³/mol. The minimum Gasteiger partial charge on any atom is -0.351 e. The Morgan fingerprint density at radius 2 is 1.68 bits per heavy atom. The van der Waals surface area contributed by atoms with Crippen molar-refractivity contribution in [2.75, 3.05) is 6.54 Å². The lowest BCUT2D eigenvalue weighted by molar-refractivity contribution is -0.719. The van der Waals surface area contributed by atoms with Crippen LogP contribution in [0, 0.1) is 5.92 Å². The predicted octanol–water partition coefficient (Wildman–Crippen LogP) is 2.77. The summed E-state index contributed by atoms with van der Waals surface area (Å²) in [6, 6.07) is 9.09. The van der Waals surface area contributed by atoms with Gasteiger partial charge in [0.15, 0.2) is 6.04 Å². The average molecular weight is 305 g/mol. The quantitative estimate of drug-likeness (QED) is 0.834. The third-order valence-corrected chi connectivity index (χ3v) is 4.14. The van der Waals surface area contributed by atoms with E-state index in [1.807, 2.05) is 13.8 Å². The molecule has 1 rings (SSSR count). The van der Waals surface area contributed by atoms with E-state index in [4.69, 9.17) is 0 Å². The number of rotatable bonds is 6. The van der Waals surface area contributed by atoms with Gasteiger partial charge in [0.05, 0.1) is 0 Å². The van der Waals surface area contributed by atoms with Crippen LogP contribution in [0.25, 0.3) is 0 Å². The van der Waals surface area contributed by atoms with Gasteiger partial charge in [-0.2, -0.15) is 0 Å². The molecule has 0 saturated carbocycles. The fourth-order valence-electron chi connectivity index (χ4n) is 2.66. The first-order chi connectivity index (χ1) is 10.2. The van der Waals surface area contributed by atoms with Gasteiger partial charge in [-0.05, 0) is 24.8 Å². The van der Waals surface area contributed by atoms with Crippen molar-refractivity contribution in [2.45, 2.75) is 66.0 Å². The molecule has 0 aliphatic rings. The number of carbonyl (C=O) groups is 1. The molecule has 3 heteroatoms. The highest BCUT2D eigenvalue weighted by Crippen LogP contribution is 2.25. The maximum atomic E-state index is 12.0. The summed E-state index contributed by atoms with van der Waals surface area (Å²) in [5.41, 5.74) is 2.80. The van der Waals surface area contributed by atoms with Gasteiger partial charge in [0, 0.05) is 18.0 Å². The summed E-state index contributed by atoms with van der Waals surface area (Å²) < 4.78 is 0.